The van der Waals surface area contributed by atoms with Crippen LogP contribution in [0.4, 0.5) is 0 Å². The van der Waals surface area contributed by atoms with Gasteiger partial charge in [0, 0.05) is 17.5 Å². The molecule has 0 aliphatic carbocycles. The van der Waals surface area contributed by atoms with Crippen LogP contribution >= 0.6 is 0 Å². The molecular formula is C12H14N2O3. The van der Waals surface area contributed by atoms with Crippen LogP contribution in [0.3, 0.4) is 0 Å². The van der Waals surface area contributed by atoms with Crippen molar-refractivity contribution < 1.29 is 14.7 Å². The number of aromatic nitrogens is 2. The minimum Gasteiger partial charge on any atom is -0.508 e. The second-order valence-corrected chi connectivity index (χ2v) is 4.01. The van der Waals surface area contributed by atoms with Crippen LogP contribution in [0.2, 0.25) is 0 Å². The van der Waals surface area contributed by atoms with E-state index in [1.165, 1.54) is 18.2 Å². The van der Waals surface area contributed by atoms with E-state index in [2.05, 4.69) is 10.1 Å². The van der Waals surface area contributed by atoms with Crippen molar-refractivity contribution in [2.24, 2.45) is 0 Å². The summed E-state index contributed by atoms with van der Waals surface area (Å²) in [5.41, 5.74) is 0.504. The van der Waals surface area contributed by atoms with E-state index < -0.39 is 0 Å². The highest BCUT2D eigenvalue weighted by molar-refractivity contribution is 5.58. The summed E-state index contributed by atoms with van der Waals surface area (Å²) in [6.07, 6.45) is 0.921. The molecule has 0 aliphatic rings. The lowest BCUT2D eigenvalue weighted by molar-refractivity contribution is 0.414. The molecule has 0 aliphatic heterocycles. The monoisotopic (exact) mass is 234 g/mol. The predicted octanol–water partition coefficient (Wildman–Crippen LogP) is 2.66. The molecule has 1 atom stereocenters. The van der Waals surface area contributed by atoms with Crippen LogP contribution in [-0.2, 0) is 0 Å². The fraction of sp³-hybridized carbons (Fsp3) is 0.333. The number of rotatable bonds is 3. The summed E-state index contributed by atoms with van der Waals surface area (Å²) in [6.45, 7) is 4.05. The molecule has 0 radical (unpaired) electrons. The molecular weight excluding hydrogens is 220 g/mol. The molecule has 5 heteroatoms. The molecule has 2 rings (SSSR count). The molecule has 90 valence electrons. The summed E-state index contributed by atoms with van der Waals surface area (Å²) in [6, 6.07) is 4.18. The maximum Gasteiger partial charge on any atom is 0.258 e. The van der Waals surface area contributed by atoms with Crippen molar-refractivity contribution in [2.45, 2.75) is 26.2 Å². The summed E-state index contributed by atoms with van der Waals surface area (Å²) in [5, 5.41) is 22.6. The third kappa shape index (κ3) is 2.38. The Balaban J connectivity index is 2.36. The van der Waals surface area contributed by atoms with Crippen molar-refractivity contribution in [3.8, 4) is 23.0 Å². The van der Waals surface area contributed by atoms with E-state index in [1.54, 1.807) is 0 Å². The molecule has 0 fully saturated rings. The van der Waals surface area contributed by atoms with Gasteiger partial charge in [0.25, 0.3) is 5.89 Å². The van der Waals surface area contributed by atoms with Gasteiger partial charge in [-0.25, -0.2) is 0 Å². The van der Waals surface area contributed by atoms with Crippen LogP contribution < -0.4 is 0 Å². The van der Waals surface area contributed by atoms with Gasteiger partial charge in [0.05, 0.1) is 0 Å². The summed E-state index contributed by atoms with van der Waals surface area (Å²) in [7, 11) is 0. The topological polar surface area (TPSA) is 79.4 Å². The maximum atomic E-state index is 9.37. The van der Waals surface area contributed by atoms with Crippen molar-refractivity contribution in [3.63, 3.8) is 0 Å². The third-order valence-electron chi connectivity index (χ3n) is 2.64. The van der Waals surface area contributed by atoms with Gasteiger partial charge in [0.1, 0.15) is 11.5 Å². The average Bonchev–Trinajstić information content (AvgIpc) is 2.76. The summed E-state index contributed by atoms with van der Waals surface area (Å²) in [5.74, 6) is 1.07. The van der Waals surface area contributed by atoms with Crippen molar-refractivity contribution in [2.75, 3.05) is 0 Å². The largest absolute Gasteiger partial charge is 0.508 e. The normalized spacial score (nSPS) is 12.6. The third-order valence-corrected chi connectivity index (χ3v) is 2.64. The quantitative estimate of drug-likeness (QED) is 0.853. The number of hydrogen-bond acceptors (Lipinski definition) is 5. The molecule has 0 saturated heterocycles. The van der Waals surface area contributed by atoms with Crippen LogP contribution in [0.1, 0.15) is 32.0 Å². The first-order chi connectivity index (χ1) is 8.10. The molecule has 1 heterocycles. The van der Waals surface area contributed by atoms with E-state index >= 15 is 0 Å². The molecule has 1 aromatic heterocycles. The van der Waals surface area contributed by atoms with E-state index in [1.807, 2.05) is 13.8 Å². The summed E-state index contributed by atoms with van der Waals surface area (Å²) in [4.78, 5) is 4.23. The van der Waals surface area contributed by atoms with E-state index in [0.29, 0.717) is 17.3 Å². The van der Waals surface area contributed by atoms with Gasteiger partial charge in [-0.05, 0) is 18.6 Å². The fourth-order valence-electron chi connectivity index (χ4n) is 1.45. The average molecular weight is 234 g/mol. The first-order valence-electron chi connectivity index (χ1n) is 5.47. The molecule has 2 N–H and O–H groups in total. The van der Waals surface area contributed by atoms with Crippen LogP contribution in [-0.4, -0.2) is 20.4 Å². The molecule has 5 nitrogen and oxygen atoms in total. The zero-order valence-corrected chi connectivity index (χ0v) is 9.71. The van der Waals surface area contributed by atoms with Gasteiger partial charge < -0.3 is 14.7 Å². The predicted molar refractivity (Wildman–Crippen MR) is 61.8 cm³/mol. The molecule has 0 bridgehead atoms. The molecule has 0 saturated carbocycles. The van der Waals surface area contributed by atoms with E-state index in [4.69, 9.17) is 4.52 Å². The Kier molecular flexibility index (Phi) is 2.99. The molecule has 0 spiro atoms. The highest BCUT2D eigenvalue weighted by atomic mass is 16.5. The van der Waals surface area contributed by atoms with Gasteiger partial charge in [0.15, 0.2) is 5.82 Å². The fourth-order valence-corrected chi connectivity index (χ4v) is 1.45. The van der Waals surface area contributed by atoms with Gasteiger partial charge in [-0.2, -0.15) is 4.98 Å². The SMILES string of the molecule is CCC(C)c1noc(-c2cc(O)cc(O)c2)n1. The van der Waals surface area contributed by atoms with Crippen LogP contribution in [0, 0.1) is 0 Å². The van der Waals surface area contributed by atoms with Gasteiger partial charge >= 0.3 is 0 Å². The van der Waals surface area contributed by atoms with E-state index in [-0.39, 0.29) is 17.4 Å². The second-order valence-electron chi connectivity index (χ2n) is 4.01. The molecule has 2 aromatic rings. The molecule has 1 unspecified atom stereocenters. The number of hydrogen-bond donors (Lipinski definition) is 2. The Hall–Kier alpha value is -2.04. The Morgan fingerprint density at radius 3 is 2.47 bits per heavy atom. The molecule has 0 amide bonds. The number of benzene rings is 1. The minimum absolute atomic E-state index is 0.0386. The summed E-state index contributed by atoms with van der Waals surface area (Å²) < 4.78 is 5.10. The number of phenolic OH excluding ortho intramolecular Hbond substituents is 2. The van der Waals surface area contributed by atoms with Crippen molar-refractivity contribution in [1.29, 1.82) is 0 Å². The van der Waals surface area contributed by atoms with Crippen molar-refractivity contribution in [3.05, 3.63) is 24.0 Å². The lowest BCUT2D eigenvalue weighted by atomic mass is 10.1. The zero-order valence-electron chi connectivity index (χ0n) is 9.71. The Morgan fingerprint density at radius 1 is 1.24 bits per heavy atom. The highest BCUT2D eigenvalue weighted by Crippen LogP contribution is 2.28. The Bertz CT molecular complexity index is 502. The smallest absolute Gasteiger partial charge is 0.258 e. The van der Waals surface area contributed by atoms with E-state index in [0.717, 1.165) is 6.42 Å². The van der Waals surface area contributed by atoms with Gasteiger partial charge in [-0.1, -0.05) is 19.0 Å². The number of nitrogens with zero attached hydrogens (tertiary/aromatic N) is 2. The number of aromatic hydroxyl groups is 2. The van der Waals surface area contributed by atoms with E-state index in [9.17, 15) is 10.2 Å². The van der Waals surface area contributed by atoms with Gasteiger partial charge in [-0.3, -0.25) is 0 Å². The minimum atomic E-state index is -0.0386. The van der Waals surface area contributed by atoms with Crippen molar-refractivity contribution >= 4 is 0 Å². The maximum absolute atomic E-state index is 9.37. The van der Waals surface area contributed by atoms with Crippen LogP contribution in [0.25, 0.3) is 11.5 Å². The first kappa shape index (κ1) is 11.4. The standard InChI is InChI=1S/C12H14N2O3/c1-3-7(2)11-13-12(17-14-11)8-4-9(15)6-10(16)5-8/h4-7,15-16H,3H2,1-2H3. The van der Waals surface area contributed by atoms with Gasteiger partial charge in [0.2, 0.25) is 0 Å². The zero-order chi connectivity index (χ0) is 12.4. The molecule has 1 aromatic carbocycles. The summed E-state index contributed by atoms with van der Waals surface area (Å²) >= 11 is 0. The first-order valence-corrected chi connectivity index (χ1v) is 5.47. The highest BCUT2D eigenvalue weighted by Gasteiger charge is 2.14. The lowest BCUT2D eigenvalue weighted by Gasteiger charge is -1.99. The number of phenols is 2. The molecule has 17 heavy (non-hydrogen) atoms. The van der Waals surface area contributed by atoms with Crippen LogP contribution in [0.15, 0.2) is 22.7 Å². The lowest BCUT2D eigenvalue weighted by Crippen LogP contribution is -1.93. The Morgan fingerprint density at radius 2 is 1.88 bits per heavy atom. The van der Waals surface area contributed by atoms with Gasteiger partial charge in [-0.15, -0.1) is 0 Å². The Labute approximate surface area is 98.7 Å². The van der Waals surface area contributed by atoms with Crippen LogP contribution in [0.5, 0.6) is 11.5 Å². The second kappa shape index (κ2) is 4.45. The van der Waals surface area contributed by atoms with Crippen molar-refractivity contribution in [1.82, 2.24) is 10.1 Å².